The Morgan fingerprint density at radius 3 is 2.67 bits per heavy atom. The fourth-order valence-electron chi connectivity index (χ4n) is 4.03. The van der Waals surface area contributed by atoms with Gasteiger partial charge < -0.3 is 25.4 Å². The minimum atomic E-state index is 0.218. The van der Waals surface area contributed by atoms with Gasteiger partial charge in [-0.05, 0) is 24.3 Å². The van der Waals surface area contributed by atoms with E-state index in [1.807, 2.05) is 42.5 Å². The van der Waals surface area contributed by atoms with Crippen molar-refractivity contribution in [2.24, 2.45) is 0 Å². The fraction of sp³-hybridized carbons (Fsp3) is 0.318. The van der Waals surface area contributed by atoms with Crippen molar-refractivity contribution in [3.63, 3.8) is 0 Å². The van der Waals surface area contributed by atoms with Crippen molar-refractivity contribution in [2.45, 2.75) is 25.4 Å². The summed E-state index contributed by atoms with van der Waals surface area (Å²) in [7, 11) is 3.36. The molecule has 1 aliphatic heterocycles. The summed E-state index contributed by atoms with van der Waals surface area (Å²) in [4.78, 5) is 14.6. The SMILES string of the molecule is COc1ccc([C@H]2CCC[NH+]2Cc2nc(N)nc(Nc3ccccc3)n2)c(OC)c1. The molecule has 0 radical (unpaired) electrons. The smallest absolute Gasteiger partial charge is 0.232 e. The zero-order valence-electron chi connectivity index (χ0n) is 17.3. The molecule has 1 aliphatic rings. The maximum absolute atomic E-state index is 5.97. The van der Waals surface area contributed by atoms with Gasteiger partial charge in [0.25, 0.3) is 0 Å². The van der Waals surface area contributed by atoms with Crippen LogP contribution in [0.4, 0.5) is 17.6 Å². The van der Waals surface area contributed by atoms with E-state index in [2.05, 4.69) is 26.3 Å². The standard InChI is InChI=1S/C22H26N6O2/c1-29-16-10-11-17(19(13-16)30-2)18-9-6-12-28(18)14-20-25-21(23)27-22(26-20)24-15-7-4-3-5-8-15/h3-5,7-8,10-11,13,18H,6,9,12,14H2,1-2H3,(H3,23,24,25,26,27)/p+1/t18-/m1/s1. The lowest BCUT2D eigenvalue weighted by Crippen LogP contribution is -3.09. The zero-order valence-corrected chi connectivity index (χ0v) is 17.3. The second kappa shape index (κ2) is 8.96. The molecule has 1 saturated heterocycles. The molecule has 8 nitrogen and oxygen atoms in total. The second-order valence-corrected chi connectivity index (χ2v) is 7.31. The molecule has 0 amide bonds. The largest absolute Gasteiger partial charge is 0.497 e. The van der Waals surface area contributed by atoms with Crippen molar-refractivity contribution in [1.82, 2.24) is 15.0 Å². The van der Waals surface area contributed by atoms with Crippen LogP contribution in [0.2, 0.25) is 0 Å². The maximum Gasteiger partial charge on any atom is 0.232 e. The molecule has 2 aromatic carbocycles. The Kier molecular flexibility index (Phi) is 5.94. The molecule has 1 unspecified atom stereocenters. The molecule has 0 bridgehead atoms. The van der Waals surface area contributed by atoms with E-state index in [1.54, 1.807) is 14.2 Å². The number of methoxy groups -OCH3 is 2. The van der Waals surface area contributed by atoms with Crippen LogP contribution in [-0.4, -0.2) is 35.7 Å². The molecule has 1 aromatic heterocycles. The van der Waals surface area contributed by atoms with E-state index in [-0.39, 0.29) is 5.95 Å². The van der Waals surface area contributed by atoms with E-state index in [0.717, 1.165) is 36.6 Å². The summed E-state index contributed by atoms with van der Waals surface area (Å²) in [5, 5.41) is 3.20. The van der Waals surface area contributed by atoms with Crippen molar-refractivity contribution in [3.8, 4) is 11.5 Å². The predicted molar refractivity (Wildman–Crippen MR) is 115 cm³/mol. The molecule has 0 aliphatic carbocycles. The number of anilines is 3. The molecule has 3 aromatic rings. The second-order valence-electron chi connectivity index (χ2n) is 7.31. The van der Waals surface area contributed by atoms with E-state index < -0.39 is 0 Å². The van der Waals surface area contributed by atoms with E-state index in [9.17, 15) is 0 Å². The highest BCUT2D eigenvalue weighted by Crippen LogP contribution is 2.31. The molecule has 8 heteroatoms. The summed E-state index contributed by atoms with van der Waals surface area (Å²) in [6.45, 7) is 1.70. The van der Waals surface area contributed by atoms with Gasteiger partial charge in [0.15, 0.2) is 5.82 Å². The van der Waals surface area contributed by atoms with Crippen LogP contribution in [0.3, 0.4) is 0 Å². The van der Waals surface area contributed by atoms with Crippen molar-refractivity contribution in [1.29, 1.82) is 0 Å². The Labute approximate surface area is 176 Å². The van der Waals surface area contributed by atoms with Gasteiger partial charge >= 0.3 is 0 Å². The molecule has 4 N–H and O–H groups in total. The van der Waals surface area contributed by atoms with Gasteiger partial charge in [-0.3, -0.25) is 0 Å². The molecule has 156 valence electrons. The molecule has 2 atom stereocenters. The summed E-state index contributed by atoms with van der Waals surface area (Å²) in [6, 6.07) is 16.1. The summed E-state index contributed by atoms with van der Waals surface area (Å²) >= 11 is 0. The molecular weight excluding hydrogens is 380 g/mol. The van der Waals surface area contributed by atoms with E-state index in [0.29, 0.717) is 24.4 Å². The highest BCUT2D eigenvalue weighted by atomic mass is 16.5. The van der Waals surface area contributed by atoms with E-state index >= 15 is 0 Å². The lowest BCUT2D eigenvalue weighted by Gasteiger charge is -2.23. The first-order chi connectivity index (χ1) is 14.7. The number of likely N-dealkylation sites (tertiary alicyclic amines) is 1. The van der Waals surface area contributed by atoms with Crippen LogP contribution in [0.1, 0.15) is 30.3 Å². The van der Waals surface area contributed by atoms with Crippen LogP contribution in [0, 0.1) is 0 Å². The first kappa shape index (κ1) is 19.9. The zero-order chi connectivity index (χ0) is 20.9. The van der Waals surface area contributed by atoms with Gasteiger partial charge in [-0.25, -0.2) is 0 Å². The number of para-hydroxylation sites is 1. The Bertz CT molecular complexity index is 998. The van der Waals surface area contributed by atoms with Crippen LogP contribution in [-0.2, 0) is 6.54 Å². The number of rotatable bonds is 7. The van der Waals surface area contributed by atoms with Gasteiger partial charge in [-0.1, -0.05) is 18.2 Å². The number of nitrogens with one attached hydrogen (secondary N) is 2. The number of ether oxygens (including phenoxy) is 2. The predicted octanol–water partition coefficient (Wildman–Crippen LogP) is 2.13. The molecule has 0 saturated carbocycles. The molecule has 0 spiro atoms. The Morgan fingerprint density at radius 2 is 1.90 bits per heavy atom. The lowest BCUT2D eigenvalue weighted by molar-refractivity contribution is -0.932. The first-order valence-electron chi connectivity index (χ1n) is 10.1. The van der Waals surface area contributed by atoms with Crippen LogP contribution in [0.25, 0.3) is 0 Å². The van der Waals surface area contributed by atoms with Crippen molar-refractivity contribution in [3.05, 3.63) is 59.9 Å². The average molecular weight is 407 g/mol. The highest BCUT2D eigenvalue weighted by molar-refractivity contribution is 5.53. The number of benzene rings is 2. The van der Waals surface area contributed by atoms with Crippen molar-refractivity contribution >= 4 is 17.6 Å². The minimum Gasteiger partial charge on any atom is -0.497 e. The quantitative estimate of drug-likeness (QED) is 0.552. The van der Waals surface area contributed by atoms with Gasteiger partial charge in [0.1, 0.15) is 24.1 Å². The van der Waals surface area contributed by atoms with Crippen molar-refractivity contribution in [2.75, 3.05) is 31.8 Å². The summed E-state index contributed by atoms with van der Waals surface area (Å²) in [5.41, 5.74) is 8.05. The molecule has 2 heterocycles. The molecule has 1 fully saturated rings. The monoisotopic (exact) mass is 407 g/mol. The van der Waals surface area contributed by atoms with E-state index in [4.69, 9.17) is 15.2 Å². The summed E-state index contributed by atoms with van der Waals surface area (Å²) in [6.07, 6.45) is 2.21. The van der Waals surface area contributed by atoms with Crippen LogP contribution in [0.15, 0.2) is 48.5 Å². The van der Waals surface area contributed by atoms with Gasteiger partial charge in [0.05, 0.1) is 26.3 Å². The number of quaternary nitrogens is 1. The number of nitrogen functional groups attached to an aromatic ring is 1. The lowest BCUT2D eigenvalue weighted by atomic mass is 10.0. The molecule has 30 heavy (non-hydrogen) atoms. The topological polar surface area (TPSA) is 99.6 Å². The van der Waals surface area contributed by atoms with Crippen molar-refractivity contribution < 1.29 is 14.4 Å². The average Bonchev–Trinajstić information content (AvgIpc) is 3.21. The fourth-order valence-corrected chi connectivity index (χ4v) is 4.03. The number of hydrogen-bond donors (Lipinski definition) is 3. The van der Waals surface area contributed by atoms with Crippen LogP contribution >= 0.6 is 0 Å². The normalized spacial score (nSPS) is 18.2. The van der Waals surface area contributed by atoms with Crippen LogP contribution in [0.5, 0.6) is 11.5 Å². The minimum absolute atomic E-state index is 0.218. The Morgan fingerprint density at radius 1 is 1.07 bits per heavy atom. The van der Waals surface area contributed by atoms with Gasteiger partial charge in [-0.15, -0.1) is 0 Å². The summed E-state index contributed by atoms with van der Waals surface area (Å²) < 4.78 is 11.0. The molecule has 4 rings (SSSR count). The summed E-state index contributed by atoms with van der Waals surface area (Å²) in [5.74, 6) is 2.99. The number of nitrogens with two attached hydrogens (primary N) is 1. The number of nitrogens with zero attached hydrogens (tertiary/aromatic N) is 3. The van der Waals surface area contributed by atoms with Gasteiger partial charge in [-0.2, -0.15) is 15.0 Å². The third-order valence-electron chi connectivity index (χ3n) is 5.41. The Hall–Kier alpha value is -3.39. The first-order valence-corrected chi connectivity index (χ1v) is 10.1. The number of aromatic nitrogens is 3. The Balaban J connectivity index is 1.55. The molecular formula is C22H27N6O2+. The van der Waals surface area contributed by atoms with Crippen LogP contribution < -0.4 is 25.4 Å². The maximum atomic E-state index is 5.97. The third-order valence-corrected chi connectivity index (χ3v) is 5.41. The van der Waals surface area contributed by atoms with E-state index in [1.165, 1.54) is 10.5 Å². The van der Waals surface area contributed by atoms with Gasteiger partial charge in [0.2, 0.25) is 11.9 Å². The number of hydrogen-bond acceptors (Lipinski definition) is 7. The third kappa shape index (κ3) is 4.44. The van der Waals surface area contributed by atoms with Gasteiger partial charge in [0, 0.05) is 24.6 Å². The highest BCUT2D eigenvalue weighted by Gasteiger charge is 2.33.